The first kappa shape index (κ1) is 25.2. The highest BCUT2D eigenvalue weighted by molar-refractivity contribution is 9.10. The van der Waals surface area contributed by atoms with Crippen LogP contribution in [0.2, 0.25) is 0 Å². The largest absolute Gasteiger partial charge is 0.387 e. The smallest absolute Gasteiger partial charge is 0.155 e. The van der Waals surface area contributed by atoms with E-state index in [2.05, 4.69) is 84.5 Å². The molecule has 2 saturated heterocycles. The van der Waals surface area contributed by atoms with E-state index in [0.717, 1.165) is 84.3 Å². The van der Waals surface area contributed by atoms with Gasteiger partial charge in [0.25, 0.3) is 0 Å². The van der Waals surface area contributed by atoms with Gasteiger partial charge in [-0.15, -0.1) is 0 Å². The van der Waals surface area contributed by atoms with Gasteiger partial charge in [-0.25, -0.2) is 9.97 Å². The van der Waals surface area contributed by atoms with Gasteiger partial charge in [0.2, 0.25) is 0 Å². The highest BCUT2D eigenvalue weighted by Gasteiger charge is 2.46. The summed E-state index contributed by atoms with van der Waals surface area (Å²) < 4.78 is 3.96. The standard InChI is InChI=1S/C19H28BrN5S.C4H10/c1-5-6-12(2)15-18(22-14(4)17(20)23-15)25-9-7-19(8-10-25)11-21-13(3)16(19)24-26;1-4(2)3/h16,21,24,26H,2-3,5-11H2,1,4H3;4H,1-3H3. The van der Waals surface area contributed by atoms with Crippen molar-refractivity contribution in [2.45, 2.75) is 66.3 Å². The highest BCUT2D eigenvalue weighted by Crippen LogP contribution is 2.42. The number of aryl methyl sites for hydroxylation is 1. The lowest BCUT2D eigenvalue weighted by molar-refractivity contribution is 0.216. The molecule has 2 N–H and O–H groups in total. The van der Waals surface area contributed by atoms with Crippen molar-refractivity contribution >= 4 is 40.1 Å². The predicted octanol–water partition coefficient (Wildman–Crippen LogP) is 5.53. The van der Waals surface area contributed by atoms with Crippen molar-refractivity contribution in [3.8, 4) is 0 Å². The summed E-state index contributed by atoms with van der Waals surface area (Å²) >= 11 is 7.87. The van der Waals surface area contributed by atoms with E-state index in [1.54, 1.807) is 0 Å². The van der Waals surface area contributed by atoms with Gasteiger partial charge in [-0.3, -0.25) is 4.72 Å². The molecular formula is C23H38BrN5S. The third-order valence-electron chi connectivity index (χ3n) is 5.70. The number of nitrogens with one attached hydrogen (secondary N) is 2. The Balaban J connectivity index is 0.000000735. The van der Waals surface area contributed by atoms with Gasteiger partial charge in [0, 0.05) is 30.7 Å². The van der Waals surface area contributed by atoms with Crippen LogP contribution in [0.4, 0.5) is 5.82 Å². The molecule has 0 aromatic carbocycles. The molecule has 1 aromatic rings. The van der Waals surface area contributed by atoms with Gasteiger partial charge in [-0.05, 0) is 53.6 Å². The normalized spacial score (nSPS) is 20.2. The van der Waals surface area contributed by atoms with Crippen molar-refractivity contribution in [2.24, 2.45) is 11.3 Å². The summed E-state index contributed by atoms with van der Waals surface area (Å²) in [6.07, 6.45) is 4.11. The summed E-state index contributed by atoms with van der Waals surface area (Å²) in [7, 11) is 0. The minimum absolute atomic E-state index is 0.174. The Morgan fingerprint density at radius 2 is 1.93 bits per heavy atom. The molecule has 0 amide bonds. The molecule has 3 heterocycles. The van der Waals surface area contributed by atoms with E-state index in [-0.39, 0.29) is 11.5 Å². The molecule has 1 spiro atoms. The second kappa shape index (κ2) is 11.0. The van der Waals surface area contributed by atoms with Crippen LogP contribution in [0.1, 0.15) is 64.8 Å². The minimum Gasteiger partial charge on any atom is -0.387 e. The van der Waals surface area contributed by atoms with Gasteiger partial charge in [0.05, 0.1) is 11.7 Å². The molecule has 30 heavy (non-hydrogen) atoms. The average Bonchev–Trinajstić information content (AvgIpc) is 2.99. The molecular weight excluding hydrogens is 458 g/mol. The number of hydrogen-bond donors (Lipinski definition) is 3. The quantitative estimate of drug-likeness (QED) is 0.468. The molecule has 5 nitrogen and oxygen atoms in total. The number of anilines is 1. The summed E-state index contributed by atoms with van der Waals surface area (Å²) in [5.74, 6) is 1.80. The number of hydrogen-bond acceptors (Lipinski definition) is 6. The van der Waals surface area contributed by atoms with Crippen molar-refractivity contribution < 1.29 is 0 Å². The van der Waals surface area contributed by atoms with Gasteiger partial charge in [0.1, 0.15) is 10.3 Å². The Bertz CT molecular complexity index is 753. The van der Waals surface area contributed by atoms with E-state index < -0.39 is 0 Å². The van der Waals surface area contributed by atoms with Crippen molar-refractivity contribution in [2.75, 3.05) is 24.5 Å². The molecule has 2 aliphatic rings. The molecule has 7 heteroatoms. The van der Waals surface area contributed by atoms with E-state index in [0.29, 0.717) is 0 Å². The summed E-state index contributed by atoms with van der Waals surface area (Å²) in [5, 5.41) is 3.43. The number of aromatic nitrogens is 2. The third kappa shape index (κ3) is 5.80. The van der Waals surface area contributed by atoms with Crippen LogP contribution in [0.3, 0.4) is 0 Å². The van der Waals surface area contributed by atoms with Gasteiger partial charge in [-0.2, -0.15) is 0 Å². The third-order valence-corrected chi connectivity index (χ3v) is 6.71. The van der Waals surface area contributed by atoms with E-state index in [4.69, 9.17) is 9.97 Å². The maximum absolute atomic E-state index is 4.86. The minimum atomic E-state index is 0.174. The zero-order valence-electron chi connectivity index (χ0n) is 19.2. The first-order valence-corrected chi connectivity index (χ1v) is 12.2. The molecule has 0 saturated carbocycles. The number of nitrogens with zero attached hydrogens (tertiary/aromatic N) is 3. The summed E-state index contributed by atoms with van der Waals surface area (Å²) in [5.41, 5.74) is 4.12. The van der Waals surface area contributed by atoms with Crippen LogP contribution in [-0.4, -0.2) is 35.6 Å². The van der Waals surface area contributed by atoms with Crippen LogP contribution < -0.4 is 14.9 Å². The van der Waals surface area contributed by atoms with Crippen molar-refractivity contribution in [3.63, 3.8) is 0 Å². The second-order valence-corrected chi connectivity index (χ2v) is 10.2. The maximum atomic E-state index is 4.86. The SMILES string of the molecule is C=C(CCC)c1nc(Br)c(C)nc1N1CCC2(CC1)CNC(=C)C2NS.CC(C)C. The van der Waals surface area contributed by atoms with Gasteiger partial charge >= 0.3 is 0 Å². The molecule has 0 aliphatic carbocycles. The second-order valence-electron chi connectivity index (χ2n) is 9.15. The van der Waals surface area contributed by atoms with Crippen molar-refractivity contribution in [1.82, 2.24) is 20.0 Å². The number of thiol groups is 1. The molecule has 2 aliphatic heterocycles. The molecule has 2 fully saturated rings. The van der Waals surface area contributed by atoms with Crippen molar-refractivity contribution in [1.29, 1.82) is 0 Å². The lowest BCUT2D eigenvalue weighted by atomic mass is 9.74. The van der Waals surface area contributed by atoms with E-state index >= 15 is 0 Å². The average molecular weight is 497 g/mol. The summed E-state index contributed by atoms with van der Waals surface area (Å²) in [6.45, 7) is 21.9. The molecule has 1 aromatic heterocycles. The number of halogens is 1. The number of piperidine rings is 1. The fraction of sp³-hybridized carbons (Fsp3) is 0.652. The van der Waals surface area contributed by atoms with Crippen LogP contribution in [-0.2, 0) is 0 Å². The molecule has 0 radical (unpaired) electrons. The van der Waals surface area contributed by atoms with Crippen LogP contribution in [0.15, 0.2) is 23.5 Å². The van der Waals surface area contributed by atoms with Crippen LogP contribution in [0.25, 0.3) is 5.57 Å². The van der Waals surface area contributed by atoms with Gasteiger partial charge in [0.15, 0.2) is 5.82 Å². The maximum Gasteiger partial charge on any atom is 0.155 e. The first-order chi connectivity index (χ1) is 14.1. The summed E-state index contributed by atoms with van der Waals surface area (Å²) in [6, 6.07) is 0.209. The Labute approximate surface area is 196 Å². The Kier molecular flexibility index (Phi) is 9.25. The Morgan fingerprint density at radius 3 is 2.47 bits per heavy atom. The Hall–Kier alpha value is -1.05. The topological polar surface area (TPSA) is 53.1 Å². The lowest BCUT2D eigenvalue weighted by Gasteiger charge is -2.42. The Morgan fingerprint density at radius 1 is 1.33 bits per heavy atom. The molecule has 1 atom stereocenters. The number of allylic oxidation sites excluding steroid dienone is 1. The van der Waals surface area contributed by atoms with E-state index in [9.17, 15) is 0 Å². The van der Waals surface area contributed by atoms with Crippen LogP contribution >= 0.6 is 28.7 Å². The van der Waals surface area contributed by atoms with E-state index in [1.165, 1.54) is 0 Å². The number of rotatable bonds is 5. The summed E-state index contributed by atoms with van der Waals surface area (Å²) in [4.78, 5) is 12.0. The fourth-order valence-electron chi connectivity index (χ4n) is 4.07. The lowest BCUT2D eigenvalue weighted by Crippen LogP contribution is -2.49. The van der Waals surface area contributed by atoms with Crippen LogP contribution in [0, 0.1) is 18.3 Å². The molecule has 1 unspecified atom stereocenters. The van der Waals surface area contributed by atoms with Crippen molar-refractivity contribution in [3.05, 3.63) is 34.8 Å². The zero-order chi connectivity index (χ0) is 22.5. The fourth-order valence-corrected chi connectivity index (χ4v) is 4.77. The highest BCUT2D eigenvalue weighted by atomic mass is 79.9. The zero-order valence-corrected chi connectivity index (χ0v) is 21.7. The predicted molar refractivity (Wildman–Crippen MR) is 136 cm³/mol. The molecule has 0 bridgehead atoms. The van der Waals surface area contributed by atoms with Gasteiger partial charge in [-0.1, -0.05) is 60.1 Å². The monoisotopic (exact) mass is 495 g/mol. The molecule has 168 valence electrons. The van der Waals surface area contributed by atoms with Crippen LogP contribution in [0.5, 0.6) is 0 Å². The molecule has 3 rings (SSSR count). The van der Waals surface area contributed by atoms with E-state index in [1.807, 2.05) is 6.92 Å². The first-order valence-electron chi connectivity index (χ1n) is 10.9. The van der Waals surface area contributed by atoms with Gasteiger partial charge < -0.3 is 10.2 Å².